The largest absolute Gasteiger partial charge is 0.502 e. The molecule has 0 saturated carbocycles. The minimum atomic E-state index is -0.703. The first-order valence-corrected chi connectivity index (χ1v) is 8.60. The van der Waals surface area contributed by atoms with E-state index in [0.717, 1.165) is 10.5 Å². The zero-order valence-corrected chi connectivity index (χ0v) is 15.6. The lowest BCUT2D eigenvalue weighted by Crippen LogP contribution is -2.33. The van der Waals surface area contributed by atoms with Crippen molar-refractivity contribution in [2.45, 2.75) is 6.42 Å². The molecule has 0 bridgehead atoms. The van der Waals surface area contributed by atoms with E-state index in [0.29, 0.717) is 28.5 Å². The van der Waals surface area contributed by atoms with E-state index in [-0.39, 0.29) is 12.1 Å². The minimum Gasteiger partial charge on any atom is -0.502 e. The van der Waals surface area contributed by atoms with Gasteiger partial charge in [-0.25, -0.2) is 0 Å². The summed E-state index contributed by atoms with van der Waals surface area (Å²) < 4.78 is 10.5. The summed E-state index contributed by atoms with van der Waals surface area (Å²) in [4.78, 5) is 26.0. The van der Waals surface area contributed by atoms with E-state index in [4.69, 9.17) is 21.1 Å². The molecular weight excluding hydrogens is 370 g/mol. The molecule has 2 amide bonds. The number of hydrogen-bond donors (Lipinski definition) is 1. The van der Waals surface area contributed by atoms with Crippen molar-refractivity contribution in [1.29, 1.82) is 0 Å². The van der Waals surface area contributed by atoms with Crippen LogP contribution in [0.2, 0.25) is 5.02 Å². The first-order chi connectivity index (χ1) is 13.0. The van der Waals surface area contributed by atoms with Crippen LogP contribution in [0.4, 0.5) is 0 Å². The molecule has 0 aliphatic carbocycles. The summed E-state index contributed by atoms with van der Waals surface area (Å²) in [5, 5.41) is 10.7. The fourth-order valence-electron chi connectivity index (χ4n) is 2.92. The number of methoxy groups -OCH3 is 2. The van der Waals surface area contributed by atoms with E-state index in [2.05, 4.69) is 0 Å². The summed E-state index contributed by atoms with van der Waals surface area (Å²) >= 11 is 5.85. The number of amides is 2. The van der Waals surface area contributed by atoms with Gasteiger partial charge in [0.1, 0.15) is 0 Å². The summed E-state index contributed by atoms with van der Waals surface area (Å²) in [6.45, 7) is 0.133. The van der Waals surface area contributed by atoms with E-state index in [1.54, 1.807) is 43.5 Å². The zero-order valence-electron chi connectivity index (χ0n) is 14.9. The molecule has 0 fully saturated rings. The molecular formula is C20H18ClNO5. The van der Waals surface area contributed by atoms with Gasteiger partial charge in [0.25, 0.3) is 11.8 Å². The van der Waals surface area contributed by atoms with E-state index >= 15 is 0 Å². The van der Waals surface area contributed by atoms with Crippen molar-refractivity contribution in [1.82, 2.24) is 4.90 Å². The first kappa shape index (κ1) is 18.8. The van der Waals surface area contributed by atoms with Gasteiger partial charge in [0.05, 0.1) is 19.8 Å². The molecule has 2 aromatic rings. The number of hydrogen-bond acceptors (Lipinski definition) is 5. The van der Waals surface area contributed by atoms with Crippen LogP contribution in [-0.2, 0) is 16.0 Å². The lowest BCUT2D eigenvalue weighted by atomic mass is 10.1. The monoisotopic (exact) mass is 387 g/mol. The fourth-order valence-corrected chi connectivity index (χ4v) is 3.05. The highest BCUT2D eigenvalue weighted by atomic mass is 35.5. The Kier molecular flexibility index (Phi) is 5.37. The third-order valence-corrected chi connectivity index (χ3v) is 4.60. The smallest absolute Gasteiger partial charge is 0.296 e. The van der Waals surface area contributed by atoms with Crippen molar-refractivity contribution < 1.29 is 24.2 Å². The maximum atomic E-state index is 12.7. The minimum absolute atomic E-state index is 0.0102. The Hall–Kier alpha value is -2.99. The Labute approximate surface area is 161 Å². The number of carbonyl (C=O) groups excluding carboxylic acids is 2. The summed E-state index contributed by atoms with van der Waals surface area (Å²) in [5.74, 6) is -0.615. The molecule has 27 heavy (non-hydrogen) atoms. The van der Waals surface area contributed by atoms with Gasteiger partial charge in [-0.1, -0.05) is 29.8 Å². The number of halogens is 1. The number of imide groups is 1. The van der Waals surface area contributed by atoms with E-state index in [1.165, 1.54) is 7.11 Å². The van der Waals surface area contributed by atoms with Gasteiger partial charge in [0.15, 0.2) is 17.3 Å². The number of ether oxygens (including phenoxy) is 2. The van der Waals surface area contributed by atoms with Crippen molar-refractivity contribution in [2.24, 2.45) is 0 Å². The number of benzene rings is 2. The maximum Gasteiger partial charge on any atom is 0.296 e. The average Bonchev–Trinajstić information content (AvgIpc) is 2.89. The molecule has 3 rings (SSSR count). The highest BCUT2D eigenvalue weighted by Gasteiger charge is 2.38. The third kappa shape index (κ3) is 3.61. The number of nitrogens with zero attached hydrogens (tertiary/aromatic N) is 1. The van der Waals surface area contributed by atoms with Gasteiger partial charge in [0, 0.05) is 11.6 Å². The predicted molar refractivity (Wildman–Crippen MR) is 101 cm³/mol. The van der Waals surface area contributed by atoms with Gasteiger partial charge >= 0.3 is 0 Å². The van der Waals surface area contributed by atoms with Crippen molar-refractivity contribution in [2.75, 3.05) is 20.8 Å². The molecule has 2 aromatic carbocycles. The fraction of sp³-hybridized carbons (Fsp3) is 0.200. The highest BCUT2D eigenvalue weighted by Crippen LogP contribution is 2.30. The highest BCUT2D eigenvalue weighted by molar-refractivity contribution is 6.35. The van der Waals surface area contributed by atoms with Gasteiger partial charge in [-0.2, -0.15) is 0 Å². The Balaban J connectivity index is 1.77. The molecule has 0 saturated heterocycles. The molecule has 0 spiro atoms. The van der Waals surface area contributed by atoms with E-state index in [9.17, 15) is 14.7 Å². The van der Waals surface area contributed by atoms with Crippen LogP contribution >= 0.6 is 11.6 Å². The van der Waals surface area contributed by atoms with Crippen molar-refractivity contribution >= 4 is 29.0 Å². The number of carbonyl (C=O) groups is 2. The van der Waals surface area contributed by atoms with Crippen LogP contribution in [0, 0.1) is 0 Å². The quantitative estimate of drug-likeness (QED) is 0.770. The van der Waals surface area contributed by atoms with Gasteiger partial charge in [-0.3, -0.25) is 14.5 Å². The van der Waals surface area contributed by atoms with Crippen molar-refractivity contribution in [3.63, 3.8) is 0 Å². The lowest BCUT2D eigenvalue weighted by molar-refractivity contribution is -0.138. The number of aliphatic hydroxyl groups is 1. The lowest BCUT2D eigenvalue weighted by Gasteiger charge is -2.15. The molecule has 1 heterocycles. The topological polar surface area (TPSA) is 76.1 Å². The molecule has 140 valence electrons. The molecule has 1 aliphatic rings. The Morgan fingerprint density at radius 2 is 1.63 bits per heavy atom. The SMILES string of the molecule is COc1ccc(CCN2C(=O)C(O)=C(c3ccc(Cl)cc3)C2=O)cc1OC. The molecule has 0 unspecified atom stereocenters. The van der Waals surface area contributed by atoms with Crippen LogP contribution in [-0.4, -0.2) is 42.6 Å². The van der Waals surface area contributed by atoms with E-state index in [1.807, 2.05) is 6.07 Å². The van der Waals surface area contributed by atoms with Gasteiger partial charge in [0.2, 0.25) is 0 Å². The first-order valence-electron chi connectivity index (χ1n) is 8.22. The van der Waals surface area contributed by atoms with Gasteiger partial charge in [-0.15, -0.1) is 0 Å². The Bertz CT molecular complexity index is 920. The molecule has 0 aromatic heterocycles. The van der Waals surface area contributed by atoms with Crippen molar-refractivity contribution in [3.05, 3.63) is 64.4 Å². The van der Waals surface area contributed by atoms with E-state index < -0.39 is 17.6 Å². The third-order valence-electron chi connectivity index (χ3n) is 4.35. The summed E-state index contributed by atoms with van der Waals surface area (Å²) in [6.07, 6.45) is 0.416. The van der Waals surface area contributed by atoms with Gasteiger partial charge in [-0.05, 0) is 41.8 Å². The van der Waals surface area contributed by atoms with Crippen LogP contribution in [0.5, 0.6) is 11.5 Å². The molecule has 0 radical (unpaired) electrons. The predicted octanol–water partition coefficient (Wildman–Crippen LogP) is 3.24. The average molecular weight is 388 g/mol. The molecule has 1 N–H and O–H groups in total. The Morgan fingerprint density at radius 3 is 2.26 bits per heavy atom. The number of rotatable bonds is 6. The molecule has 6 nitrogen and oxygen atoms in total. The van der Waals surface area contributed by atoms with Crippen LogP contribution < -0.4 is 9.47 Å². The zero-order chi connectivity index (χ0) is 19.6. The molecule has 0 atom stereocenters. The summed E-state index contributed by atoms with van der Waals surface area (Å²) in [6, 6.07) is 11.8. The van der Waals surface area contributed by atoms with Crippen LogP contribution in [0.1, 0.15) is 11.1 Å². The van der Waals surface area contributed by atoms with Crippen LogP contribution in [0.3, 0.4) is 0 Å². The van der Waals surface area contributed by atoms with Gasteiger partial charge < -0.3 is 14.6 Å². The standard InChI is InChI=1S/C20H18ClNO5/c1-26-15-8-3-12(11-16(15)27-2)9-10-22-19(24)17(18(23)20(22)25)13-4-6-14(21)7-5-13/h3-8,11,23H,9-10H2,1-2H3. The summed E-state index contributed by atoms with van der Waals surface area (Å²) in [7, 11) is 3.08. The van der Waals surface area contributed by atoms with Crippen molar-refractivity contribution in [3.8, 4) is 11.5 Å². The molecule has 7 heteroatoms. The summed E-state index contributed by atoms with van der Waals surface area (Å²) in [5.41, 5.74) is 1.31. The second-order valence-electron chi connectivity index (χ2n) is 5.93. The Morgan fingerprint density at radius 1 is 0.963 bits per heavy atom. The maximum absolute atomic E-state index is 12.7. The van der Waals surface area contributed by atoms with Crippen LogP contribution in [0.15, 0.2) is 48.2 Å². The second-order valence-corrected chi connectivity index (χ2v) is 6.37. The van der Waals surface area contributed by atoms with Crippen LogP contribution in [0.25, 0.3) is 5.57 Å². The molecule has 1 aliphatic heterocycles. The number of aliphatic hydroxyl groups excluding tert-OH is 1. The normalized spacial score (nSPS) is 14.1. The second kappa shape index (κ2) is 7.72.